The summed E-state index contributed by atoms with van der Waals surface area (Å²) in [5.74, 6) is -1.46. The number of benzene rings is 3. The van der Waals surface area contributed by atoms with Crippen LogP contribution in [0, 0.1) is 33.1 Å². The molecule has 0 aliphatic heterocycles. The molecule has 0 saturated carbocycles. The van der Waals surface area contributed by atoms with Crippen LogP contribution in [0.4, 0.5) is 0 Å². The highest BCUT2D eigenvalue weighted by Gasteiger charge is 2.35. The van der Waals surface area contributed by atoms with Crippen molar-refractivity contribution < 1.29 is 28.6 Å². The topological polar surface area (TPSA) is 78.9 Å². The Bertz CT molecular complexity index is 1190. The summed E-state index contributed by atoms with van der Waals surface area (Å²) in [4.78, 5) is 38.4. The van der Waals surface area contributed by atoms with Gasteiger partial charge in [0.25, 0.3) is 0 Å². The zero-order chi connectivity index (χ0) is 27.0. The van der Waals surface area contributed by atoms with Gasteiger partial charge in [-0.3, -0.25) is 0 Å². The molecule has 0 bridgehead atoms. The molecule has 0 N–H and O–H groups in total. The average molecular weight is 503 g/mol. The van der Waals surface area contributed by atoms with Gasteiger partial charge in [0.15, 0.2) is 0 Å². The fourth-order valence-electron chi connectivity index (χ4n) is 3.99. The lowest BCUT2D eigenvalue weighted by Gasteiger charge is -2.31. The van der Waals surface area contributed by atoms with Gasteiger partial charge in [0.1, 0.15) is 19.8 Å². The highest BCUT2D eigenvalue weighted by atomic mass is 16.6. The minimum absolute atomic E-state index is 0.0854. The molecule has 0 aliphatic rings. The Hall–Kier alpha value is -3.93. The number of hydrogen-bond donors (Lipinski definition) is 0. The fraction of sp³-hybridized carbons (Fsp3) is 0.323. The molecule has 3 aromatic carbocycles. The number of ether oxygens (including phenoxy) is 3. The van der Waals surface area contributed by atoms with Crippen LogP contribution in [0.25, 0.3) is 0 Å². The van der Waals surface area contributed by atoms with E-state index in [2.05, 4.69) is 0 Å². The van der Waals surface area contributed by atoms with Gasteiger partial charge in [-0.25, -0.2) is 14.4 Å². The number of rotatable bonds is 10. The van der Waals surface area contributed by atoms with Crippen molar-refractivity contribution >= 4 is 17.9 Å². The zero-order valence-corrected chi connectivity index (χ0v) is 22.1. The molecule has 0 unspecified atom stereocenters. The van der Waals surface area contributed by atoms with Crippen molar-refractivity contribution in [2.24, 2.45) is 5.41 Å². The van der Waals surface area contributed by atoms with Crippen molar-refractivity contribution in [3.63, 3.8) is 0 Å². The minimum atomic E-state index is -0.924. The molecule has 0 fully saturated rings. The van der Waals surface area contributed by atoms with Crippen molar-refractivity contribution in [2.45, 2.75) is 41.0 Å². The number of carbonyl (C=O) groups is 3. The second kappa shape index (κ2) is 12.3. The van der Waals surface area contributed by atoms with E-state index in [1.165, 1.54) is 0 Å². The standard InChI is InChI=1S/C31H34O6/c1-6-31(18-35-28(32)25-10-8-7-9-11-25,19-36-29(33)26-14-12-21(2)16-23(26)4)20-37-30(34)27-15-13-22(3)17-24(27)5/h7-17H,6,18-20H2,1-5H3. The Morgan fingerprint density at radius 1 is 0.622 bits per heavy atom. The van der Waals surface area contributed by atoms with Crippen molar-refractivity contribution in [3.8, 4) is 0 Å². The summed E-state index contributed by atoms with van der Waals surface area (Å²) in [6, 6.07) is 19.6. The quantitative estimate of drug-likeness (QED) is 0.243. The lowest BCUT2D eigenvalue weighted by atomic mass is 9.87. The third-order valence-corrected chi connectivity index (χ3v) is 6.49. The van der Waals surface area contributed by atoms with E-state index >= 15 is 0 Å². The maximum absolute atomic E-state index is 12.9. The summed E-state index contributed by atoms with van der Waals surface area (Å²) in [5.41, 5.74) is 4.12. The van der Waals surface area contributed by atoms with Crippen LogP contribution in [0.15, 0.2) is 66.7 Å². The Labute approximate surface area is 218 Å². The predicted molar refractivity (Wildman–Crippen MR) is 142 cm³/mol. The molecular weight excluding hydrogens is 468 g/mol. The monoisotopic (exact) mass is 502 g/mol. The number of esters is 3. The number of aryl methyl sites for hydroxylation is 4. The first kappa shape index (κ1) is 27.7. The maximum Gasteiger partial charge on any atom is 0.338 e. The van der Waals surface area contributed by atoms with Crippen molar-refractivity contribution in [2.75, 3.05) is 19.8 Å². The summed E-state index contributed by atoms with van der Waals surface area (Å²) >= 11 is 0. The Morgan fingerprint density at radius 3 is 1.46 bits per heavy atom. The van der Waals surface area contributed by atoms with E-state index in [0.29, 0.717) is 23.1 Å². The summed E-state index contributed by atoms with van der Waals surface area (Å²) in [6.45, 7) is 9.23. The van der Waals surface area contributed by atoms with Crippen LogP contribution in [-0.4, -0.2) is 37.7 Å². The number of hydrogen-bond acceptors (Lipinski definition) is 6. The Kier molecular flexibility index (Phi) is 9.23. The van der Waals surface area contributed by atoms with E-state index in [1.54, 1.807) is 36.4 Å². The van der Waals surface area contributed by atoms with Crippen molar-refractivity contribution in [1.29, 1.82) is 0 Å². The molecule has 3 rings (SSSR count). The van der Waals surface area contributed by atoms with Gasteiger partial charge in [-0.2, -0.15) is 0 Å². The van der Waals surface area contributed by atoms with E-state index < -0.39 is 23.3 Å². The first-order valence-corrected chi connectivity index (χ1v) is 12.3. The van der Waals surface area contributed by atoms with Crippen LogP contribution in [0.3, 0.4) is 0 Å². The molecule has 0 aromatic heterocycles. The fourth-order valence-corrected chi connectivity index (χ4v) is 3.99. The first-order valence-electron chi connectivity index (χ1n) is 12.3. The molecule has 0 saturated heterocycles. The molecule has 3 aromatic rings. The van der Waals surface area contributed by atoms with Crippen molar-refractivity contribution in [1.82, 2.24) is 0 Å². The van der Waals surface area contributed by atoms with Crippen LogP contribution in [0.1, 0.15) is 66.7 Å². The predicted octanol–water partition coefficient (Wildman–Crippen LogP) is 6.19. The molecule has 194 valence electrons. The molecule has 37 heavy (non-hydrogen) atoms. The minimum Gasteiger partial charge on any atom is -0.461 e. The third-order valence-electron chi connectivity index (χ3n) is 6.49. The maximum atomic E-state index is 12.9. The highest BCUT2D eigenvalue weighted by Crippen LogP contribution is 2.27. The molecule has 0 atom stereocenters. The molecule has 0 amide bonds. The molecule has 6 heteroatoms. The van der Waals surface area contributed by atoms with Crippen LogP contribution >= 0.6 is 0 Å². The zero-order valence-electron chi connectivity index (χ0n) is 22.1. The lowest BCUT2D eigenvalue weighted by molar-refractivity contribution is -0.0381. The third kappa shape index (κ3) is 7.29. The van der Waals surface area contributed by atoms with E-state index in [9.17, 15) is 14.4 Å². The summed E-state index contributed by atoms with van der Waals surface area (Å²) in [6.07, 6.45) is 0.440. The van der Waals surface area contributed by atoms with Gasteiger partial charge >= 0.3 is 17.9 Å². The molecular formula is C31H34O6. The molecule has 0 aliphatic carbocycles. The van der Waals surface area contributed by atoms with Gasteiger partial charge in [0, 0.05) is 0 Å². The van der Waals surface area contributed by atoms with Crippen LogP contribution in [0.5, 0.6) is 0 Å². The molecule has 0 heterocycles. The summed E-state index contributed by atoms with van der Waals surface area (Å²) < 4.78 is 17.0. The molecule has 0 spiro atoms. The smallest absolute Gasteiger partial charge is 0.338 e. The van der Waals surface area contributed by atoms with Gasteiger partial charge in [0.05, 0.1) is 22.1 Å². The van der Waals surface area contributed by atoms with E-state index in [-0.39, 0.29) is 19.8 Å². The Balaban J connectivity index is 1.78. The lowest BCUT2D eigenvalue weighted by Crippen LogP contribution is -2.39. The number of carbonyl (C=O) groups excluding carboxylic acids is 3. The molecule has 0 radical (unpaired) electrons. The van der Waals surface area contributed by atoms with Crippen LogP contribution < -0.4 is 0 Å². The first-order chi connectivity index (χ1) is 17.6. The van der Waals surface area contributed by atoms with Crippen LogP contribution in [0.2, 0.25) is 0 Å². The van der Waals surface area contributed by atoms with Gasteiger partial charge in [0.2, 0.25) is 0 Å². The second-order valence-corrected chi connectivity index (χ2v) is 9.58. The van der Waals surface area contributed by atoms with Gasteiger partial charge < -0.3 is 14.2 Å². The Morgan fingerprint density at radius 2 is 1.05 bits per heavy atom. The average Bonchev–Trinajstić information content (AvgIpc) is 2.88. The molecule has 6 nitrogen and oxygen atoms in total. The van der Waals surface area contributed by atoms with Crippen LogP contribution in [-0.2, 0) is 14.2 Å². The highest BCUT2D eigenvalue weighted by molar-refractivity contribution is 5.92. The van der Waals surface area contributed by atoms with E-state index in [4.69, 9.17) is 14.2 Å². The van der Waals surface area contributed by atoms with E-state index in [1.807, 2.05) is 65.0 Å². The normalized spacial score (nSPS) is 11.1. The van der Waals surface area contributed by atoms with Crippen molar-refractivity contribution in [3.05, 3.63) is 106 Å². The summed E-state index contributed by atoms with van der Waals surface area (Å²) in [7, 11) is 0. The van der Waals surface area contributed by atoms with Gasteiger partial charge in [-0.05, 0) is 69.5 Å². The van der Waals surface area contributed by atoms with Gasteiger partial charge in [-0.1, -0.05) is 60.5 Å². The van der Waals surface area contributed by atoms with E-state index in [0.717, 1.165) is 22.3 Å². The van der Waals surface area contributed by atoms with Gasteiger partial charge in [-0.15, -0.1) is 0 Å². The largest absolute Gasteiger partial charge is 0.461 e. The second-order valence-electron chi connectivity index (χ2n) is 9.58. The SMILES string of the molecule is CCC(COC(=O)c1ccccc1)(COC(=O)c1ccc(C)cc1C)COC(=O)c1ccc(C)cc1C. The summed E-state index contributed by atoms with van der Waals surface area (Å²) in [5, 5.41) is 0.